The lowest BCUT2D eigenvalue weighted by molar-refractivity contribution is -0.125. The van der Waals surface area contributed by atoms with Crippen LogP contribution in [0.2, 0.25) is 0 Å². The largest absolute Gasteiger partial charge is 0.377 e. The second kappa shape index (κ2) is 8.41. The summed E-state index contributed by atoms with van der Waals surface area (Å²) in [6, 6.07) is 5.35. The predicted molar refractivity (Wildman–Crippen MR) is 124 cm³/mol. The summed E-state index contributed by atoms with van der Waals surface area (Å²) in [5.41, 5.74) is 2.41. The fourth-order valence-corrected chi connectivity index (χ4v) is 5.92. The summed E-state index contributed by atoms with van der Waals surface area (Å²) < 4.78 is 19.7. The molecule has 2 aromatic rings. The van der Waals surface area contributed by atoms with Gasteiger partial charge in [-0.15, -0.1) is 24.0 Å². The molecule has 5 nitrogen and oxygen atoms in total. The molecule has 0 bridgehead atoms. The molecule has 1 aliphatic heterocycles. The number of H-pyrrole nitrogens is 1. The Morgan fingerprint density at radius 3 is 2.97 bits per heavy atom. The van der Waals surface area contributed by atoms with Gasteiger partial charge in [0.1, 0.15) is 5.82 Å². The van der Waals surface area contributed by atoms with Crippen LogP contribution in [0, 0.1) is 17.2 Å². The summed E-state index contributed by atoms with van der Waals surface area (Å²) in [6.07, 6.45) is 9.56. The van der Waals surface area contributed by atoms with Crippen molar-refractivity contribution < 1.29 is 9.13 Å². The standard InChI is InChI=1S/C22H29FN4O.HI/c1-24-21(25-10-6-14-13-26-18-5-4-15(23)12-17(14)18)27-19-16-7-11-28-20(16)22(19)8-2-3-9-22;/h4-5,12-13,16,19-20,26H,2-3,6-11H2,1H3,(H2,24,25,27);1H. The van der Waals surface area contributed by atoms with Crippen LogP contribution < -0.4 is 10.6 Å². The first-order valence-electron chi connectivity index (χ1n) is 10.6. The number of aromatic nitrogens is 1. The molecule has 3 aliphatic rings. The molecule has 2 aliphatic carbocycles. The Bertz CT molecular complexity index is 892. The highest BCUT2D eigenvalue weighted by atomic mass is 127. The molecule has 1 aromatic heterocycles. The summed E-state index contributed by atoms with van der Waals surface area (Å²) in [7, 11) is 1.83. The molecule has 7 heteroatoms. The van der Waals surface area contributed by atoms with Crippen LogP contribution in [0.5, 0.6) is 0 Å². The third-order valence-corrected chi connectivity index (χ3v) is 7.22. The van der Waals surface area contributed by atoms with E-state index in [1.54, 1.807) is 12.1 Å². The van der Waals surface area contributed by atoms with E-state index in [9.17, 15) is 4.39 Å². The van der Waals surface area contributed by atoms with Crippen molar-refractivity contribution in [3.63, 3.8) is 0 Å². The molecule has 158 valence electrons. The van der Waals surface area contributed by atoms with Crippen LogP contribution in [-0.2, 0) is 11.2 Å². The number of hydrogen-bond acceptors (Lipinski definition) is 2. The van der Waals surface area contributed by atoms with Crippen molar-refractivity contribution in [1.29, 1.82) is 0 Å². The summed E-state index contributed by atoms with van der Waals surface area (Å²) in [6.45, 7) is 1.66. The van der Waals surface area contributed by atoms with Crippen molar-refractivity contribution in [2.45, 2.75) is 50.7 Å². The normalized spacial score (nSPS) is 27.5. The smallest absolute Gasteiger partial charge is 0.191 e. The minimum atomic E-state index is -0.195. The number of rotatable bonds is 4. The molecule has 1 saturated heterocycles. The maximum Gasteiger partial charge on any atom is 0.191 e. The number of aliphatic imine (C=N–C) groups is 1. The van der Waals surface area contributed by atoms with E-state index in [1.807, 2.05) is 13.2 Å². The quantitative estimate of drug-likeness (QED) is 0.330. The third-order valence-electron chi connectivity index (χ3n) is 7.22. The predicted octanol–water partition coefficient (Wildman–Crippen LogP) is 3.98. The van der Waals surface area contributed by atoms with Crippen molar-refractivity contribution in [1.82, 2.24) is 15.6 Å². The first-order chi connectivity index (χ1) is 13.7. The highest BCUT2D eigenvalue weighted by Gasteiger charge is 2.65. The van der Waals surface area contributed by atoms with E-state index in [1.165, 1.54) is 31.7 Å². The van der Waals surface area contributed by atoms with Gasteiger partial charge in [0.2, 0.25) is 0 Å². The van der Waals surface area contributed by atoms with E-state index in [-0.39, 0.29) is 29.8 Å². The number of aromatic amines is 1. The molecule has 0 radical (unpaired) electrons. The van der Waals surface area contributed by atoms with Crippen LogP contribution in [0.3, 0.4) is 0 Å². The van der Waals surface area contributed by atoms with Gasteiger partial charge < -0.3 is 20.4 Å². The topological polar surface area (TPSA) is 61.4 Å². The first-order valence-corrected chi connectivity index (χ1v) is 10.6. The molecule has 2 heterocycles. The van der Waals surface area contributed by atoms with Crippen LogP contribution in [0.1, 0.15) is 37.7 Å². The van der Waals surface area contributed by atoms with Gasteiger partial charge in [0.15, 0.2) is 5.96 Å². The van der Waals surface area contributed by atoms with E-state index in [0.717, 1.165) is 48.4 Å². The van der Waals surface area contributed by atoms with Gasteiger partial charge in [-0.05, 0) is 49.4 Å². The average Bonchev–Trinajstić information content (AvgIpc) is 3.43. The van der Waals surface area contributed by atoms with Gasteiger partial charge in [-0.3, -0.25) is 4.99 Å². The number of benzene rings is 1. The molecule has 29 heavy (non-hydrogen) atoms. The molecule has 1 spiro atoms. The molecule has 1 aromatic carbocycles. The lowest BCUT2D eigenvalue weighted by atomic mass is 9.54. The Balaban J connectivity index is 0.00000205. The molecule has 3 fully saturated rings. The van der Waals surface area contributed by atoms with E-state index >= 15 is 0 Å². The Kier molecular flexibility index (Phi) is 6.06. The molecule has 0 amide bonds. The maximum absolute atomic E-state index is 13.6. The average molecular weight is 512 g/mol. The fraction of sp³-hybridized carbons (Fsp3) is 0.591. The zero-order chi connectivity index (χ0) is 19.1. The van der Waals surface area contributed by atoms with E-state index in [4.69, 9.17) is 4.74 Å². The van der Waals surface area contributed by atoms with Crippen molar-refractivity contribution in [2.75, 3.05) is 20.2 Å². The molecule has 3 atom stereocenters. The summed E-state index contributed by atoms with van der Waals surface area (Å²) in [5, 5.41) is 8.15. The Morgan fingerprint density at radius 1 is 1.34 bits per heavy atom. The number of fused-ring (bicyclic) bond motifs is 3. The van der Waals surface area contributed by atoms with Crippen molar-refractivity contribution in [3.05, 3.63) is 35.8 Å². The maximum atomic E-state index is 13.6. The summed E-state index contributed by atoms with van der Waals surface area (Å²) in [4.78, 5) is 7.68. The third kappa shape index (κ3) is 3.54. The number of hydrogen-bond donors (Lipinski definition) is 3. The summed E-state index contributed by atoms with van der Waals surface area (Å²) >= 11 is 0. The number of ether oxygens (including phenoxy) is 1. The van der Waals surface area contributed by atoms with Gasteiger partial charge in [-0.25, -0.2) is 4.39 Å². The first kappa shape index (κ1) is 20.9. The van der Waals surface area contributed by atoms with Gasteiger partial charge >= 0.3 is 0 Å². The zero-order valence-electron chi connectivity index (χ0n) is 16.8. The number of nitrogens with one attached hydrogen (secondary N) is 3. The molecular formula is C22H30FIN4O. The zero-order valence-corrected chi connectivity index (χ0v) is 19.2. The van der Waals surface area contributed by atoms with Gasteiger partial charge in [-0.2, -0.15) is 0 Å². The highest BCUT2D eigenvalue weighted by Crippen LogP contribution is 2.60. The Hall–Kier alpha value is -1.35. The Morgan fingerprint density at radius 2 is 2.17 bits per heavy atom. The monoisotopic (exact) mass is 512 g/mol. The van der Waals surface area contributed by atoms with Crippen LogP contribution in [0.25, 0.3) is 10.9 Å². The van der Waals surface area contributed by atoms with E-state index in [0.29, 0.717) is 23.5 Å². The molecular weight excluding hydrogens is 482 g/mol. The van der Waals surface area contributed by atoms with Gasteiger partial charge in [0, 0.05) is 54.7 Å². The second-order valence-electron chi connectivity index (χ2n) is 8.56. The van der Waals surface area contributed by atoms with Crippen LogP contribution in [-0.4, -0.2) is 43.3 Å². The highest BCUT2D eigenvalue weighted by molar-refractivity contribution is 14.0. The molecule has 2 saturated carbocycles. The number of guanidine groups is 1. The SMILES string of the molecule is CN=C(NCCc1c[nH]c2ccc(F)cc12)NC1C2CCOC2C12CCCC2.I. The number of halogens is 2. The van der Waals surface area contributed by atoms with Gasteiger partial charge in [0.25, 0.3) is 0 Å². The van der Waals surface area contributed by atoms with Gasteiger partial charge in [-0.1, -0.05) is 12.8 Å². The molecule has 3 N–H and O–H groups in total. The van der Waals surface area contributed by atoms with Crippen LogP contribution in [0.4, 0.5) is 4.39 Å². The van der Waals surface area contributed by atoms with Crippen molar-refractivity contribution in [3.8, 4) is 0 Å². The van der Waals surface area contributed by atoms with Crippen molar-refractivity contribution >= 4 is 40.8 Å². The molecule has 5 rings (SSSR count). The van der Waals surface area contributed by atoms with Gasteiger partial charge in [0.05, 0.1) is 6.10 Å². The number of nitrogens with zero attached hydrogens (tertiary/aromatic N) is 1. The fourth-order valence-electron chi connectivity index (χ4n) is 5.92. The van der Waals surface area contributed by atoms with E-state index < -0.39 is 0 Å². The van der Waals surface area contributed by atoms with Crippen LogP contribution >= 0.6 is 24.0 Å². The minimum absolute atomic E-state index is 0. The summed E-state index contributed by atoms with van der Waals surface area (Å²) in [5.74, 6) is 1.29. The minimum Gasteiger partial charge on any atom is -0.377 e. The molecule has 3 unspecified atom stereocenters. The van der Waals surface area contributed by atoms with E-state index in [2.05, 4.69) is 20.6 Å². The lowest BCUT2D eigenvalue weighted by Crippen LogP contribution is -2.69. The van der Waals surface area contributed by atoms with Crippen molar-refractivity contribution in [2.24, 2.45) is 16.3 Å². The Labute approximate surface area is 188 Å². The lowest BCUT2D eigenvalue weighted by Gasteiger charge is -2.57. The second-order valence-corrected chi connectivity index (χ2v) is 8.56. The van der Waals surface area contributed by atoms with Crippen LogP contribution in [0.15, 0.2) is 29.4 Å².